The van der Waals surface area contributed by atoms with Crippen molar-refractivity contribution in [3.63, 3.8) is 0 Å². The van der Waals surface area contributed by atoms with E-state index in [1.807, 2.05) is 14.1 Å². The lowest BCUT2D eigenvalue weighted by molar-refractivity contribution is 0.495. The summed E-state index contributed by atoms with van der Waals surface area (Å²) in [4.78, 5) is 12.0. The third-order valence-corrected chi connectivity index (χ3v) is 4.93. The predicted octanol–water partition coefficient (Wildman–Crippen LogP) is 2.70. The molecule has 0 amide bonds. The van der Waals surface area contributed by atoms with Crippen LogP contribution in [0.2, 0.25) is 0 Å². The first-order valence-electron chi connectivity index (χ1n) is 7.12. The summed E-state index contributed by atoms with van der Waals surface area (Å²) in [5.41, 5.74) is 3.26. The predicted molar refractivity (Wildman–Crippen MR) is 85.0 cm³/mol. The molecule has 0 aliphatic heterocycles. The molecule has 1 aliphatic rings. The minimum atomic E-state index is 0.0236. The van der Waals surface area contributed by atoms with Crippen molar-refractivity contribution in [2.75, 3.05) is 6.54 Å². The number of imidazole rings is 1. The molecule has 4 nitrogen and oxygen atoms in total. The summed E-state index contributed by atoms with van der Waals surface area (Å²) in [5.74, 6) is 0.726. The second kappa shape index (κ2) is 5.04. The molecule has 0 bridgehead atoms. The molecule has 0 saturated heterocycles. The minimum Gasteiger partial charge on any atom is -0.310 e. The van der Waals surface area contributed by atoms with Crippen molar-refractivity contribution in [2.24, 2.45) is 20.0 Å². The number of nitrogens with zero attached hydrogens (tertiary/aromatic N) is 2. The maximum atomic E-state index is 12.0. The van der Waals surface area contributed by atoms with Gasteiger partial charge in [0, 0.05) is 24.6 Å². The first kappa shape index (κ1) is 13.9. The molecule has 1 aliphatic carbocycles. The Bertz CT molecular complexity index is 712. The quantitative estimate of drug-likeness (QED) is 0.931. The van der Waals surface area contributed by atoms with E-state index in [0.717, 1.165) is 28.0 Å². The molecule has 5 heteroatoms. The van der Waals surface area contributed by atoms with Crippen LogP contribution in [-0.4, -0.2) is 15.7 Å². The van der Waals surface area contributed by atoms with Crippen LogP contribution in [0.15, 0.2) is 21.4 Å². The Balaban J connectivity index is 2.18. The molecule has 3 rings (SSSR count). The van der Waals surface area contributed by atoms with E-state index >= 15 is 0 Å². The van der Waals surface area contributed by atoms with E-state index in [4.69, 9.17) is 0 Å². The van der Waals surface area contributed by atoms with Gasteiger partial charge in [-0.15, -0.1) is 0 Å². The van der Waals surface area contributed by atoms with E-state index in [-0.39, 0.29) is 5.69 Å². The Morgan fingerprint density at radius 2 is 1.90 bits per heavy atom. The Labute approximate surface area is 126 Å². The van der Waals surface area contributed by atoms with Crippen LogP contribution < -0.4 is 11.0 Å². The maximum Gasteiger partial charge on any atom is 0.328 e. The van der Waals surface area contributed by atoms with Crippen LogP contribution in [-0.2, 0) is 14.1 Å². The summed E-state index contributed by atoms with van der Waals surface area (Å²) >= 11 is 3.69. The molecule has 108 valence electrons. The number of aromatic nitrogens is 2. The number of halogens is 1. The molecule has 1 N–H and O–H groups in total. The van der Waals surface area contributed by atoms with Crippen LogP contribution in [0, 0.1) is 5.92 Å². The first-order valence-corrected chi connectivity index (χ1v) is 7.92. The van der Waals surface area contributed by atoms with E-state index in [2.05, 4.69) is 40.3 Å². The summed E-state index contributed by atoms with van der Waals surface area (Å²) in [7, 11) is 3.65. The average Bonchev–Trinajstić information content (AvgIpc) is 3.24. The van der Waals surface area contributed by atoms with Crippen LogP contribution in [0.4, 0.5) is 0 Å². The summed E-state index contributed by atoms with van der Waals surface area (Å²) in [5, 5.41) is 3.58. The standard InChI is InChI=1S/C15H20BrN3O/c1-4-17-14(9-5-6-9)10-7-12-13(8-11(10)16)19(3)15(20)18(12)2/h7-9,14,17H,4-6H2,1-3H3. The van der Waals surface area contributed by atoms with Gasteiger partial charge in [-0.05, 0) is 43.0 Å². The summed E-state index contributed by atoms with van der Waals surface area (Å²) in [6, 6.07) is 4.61. The number of nitrogens with one attached hydrogen (secondary N) is 1. The van der Waals surface area contributed by atoms with Gasteiger partial charge < -0.3 is 5.32 Å². The third kappa shape index (κ3) is 2.13. The molecular formula is C15H20BrN3O. The zero-order chi connectivity index (χ0) is 14.4. The lowest BCUT2D eigenvalue weighted by Crippen LogP contribution is -2.23. The topological polar surface area (TPSA) is 39.0 Å². The molecule has 1 heterocycles. The van der Waals surface area contributed by atoms with E-state index in [1.54, 1.807) is 9.13 Å². The molecular weight excluding hydrogens is 318 g/mol. The van der Waals surface area contributed by atoms with Crippen molar-refractivity contribution in [2.45, 2.75) is 25.8 Å². The zero-order valence-electron chi connectivity index (χ0n) is 12.1. The zero-order valence-corrected chi connectivity index (χ0v) is 13.7. The number of rotatable bonds is 4. The molecule has 1 saturated carbocycles. The van der Waals surface area contributed by atoms with Crippen LogP contribution >= 0.6 is 15.9 Å². The smallest absolute Gasteiger partial charge is 0.310 e. The second-order valence-electron chi connectivity index (χ2n) is 5.64. The molecule has 20 heavy (non-hydrogen) atoms. The molecule has 1 fully saturated rings. The minimum absolute atomic E-state index is 0.0236. The third-order valence-electron chi connectivity index (χ3n) is 4.24. The summed E-state index contributed by atoms with van der Waals surface area (Å²) in [6.07, 6.45) is 2.58. The molecule has 2 aromatic rings. The highest BCUT2D eigenvalue weighted by atomic mass is 79.9. The summed E-state index contributed by atoms with van der Waals surface area (Å²) < 4.78 is 4.51. The first-order chi connectivity index (χ1) is 9.54. The highest BCUT2D eigenvalue weighted by Gasteiger charge is 2.33. The lowest BCUT2D eigenvalue weighted by Gasteiger charge is -2.19. The number of aryl methyl sites for hydroxylation is 2. The van der Waals surface area contributed by atoms with Gasteiger partial charge in [-0.1, -0.05) is 22.9 Å². The molecule has 1 atom stereocenters. The Morgan fingerprint density at radius 1 is 1.30 bits per heavy atom. The maximum absolute atomic E-state index is 12.0. The van der Waals surface area contributed by atoms with Crippen LogP contribution in [0.25, 0.3) is 11.0 Å². The van der Waals surface area contributed by atoms with Gasteiger partial charge in [-0.3, -0.25) is 9.13 Å². The Hall–Kier alpha value is -1.07. The van der Waals surface area contributed by atoms with Crippen molar-refractivity contribution in [1.82, 2.24) is 14.5 Å². The number of hydrogen-bond acceptors (Lipinski definition) is 2. The van der Waals surface area contributed by atoms with Gasteiger partial charge in [0.05, 0.1) is 11.0 Å². The highest BCUT2D eigenvalue weighted by Crippen LogP contribution is 2.43. The monoisotopic (exact) mass is 337 g/mol. The average molecular weight is 338 g/mol. The van der Waals surface area contributed by atoms with E-state index < -0.39 is 0 Å². The van der Waals surface area contributed by atoms with Crippen LogP contribution in [0.5, 0.6) is 0 Å². The second-order valence-corrected chi connectivity index (χ2v) is 6.49. The number of benzene rings is 1. The molecule has 1 unspecified atom stereocenters. The van der Waals surface area contributed by atoms with Crippen molar-refractivity contribution in [1.29, 1.82) is 0 Å². The number of hydrogen-bond donors (Lipinski definition) is 1. The molecule has 0 radical (unpaired) electrons. The Kier molecular flexibility index (Phi) is 3.50. The fraction of sp³-hybridized carbons (Fsp3) is 0.533. The molecule has 0 spiro atoms. The van der Waals surface area contributed by atoms with E-state index in [9.17, 15) is 4.79 Å². The fourth-order valence-electron chi connectivity index (χ4n) is 2.95. The fourth-order valence-corrected chi connectivity index (χ4v) is 3.53. The van der Waals surface area contributed by atoms with Crippen LogP contribution in [0.1, 0.15) is 31.4 Å². The van der Waals surface area contributed by atoms with Crippen molar-refractivity contribution in [3.8, 4) is 0 Å². The van der Waals surface area contributed by atoms with Gasteiger partial charge in [-0.25, -0.2) is 4.79 Å². The van der Waals surface area contributed by atoms with Crippen molar-refractivity contribution >= 4 is 27.0 Å². The van der Waals surface area contributed by atoms with Crippen molar-refractivity contribution < 1.29 is 0 Å². The van der Waals surface area contributed by atoms with Gasteiger partial charge in [0.25, 0.3) is 0 Å². The highest BCUT2D eigenvalue weighted by molar-refractivity contribution is 9.10. The normalized spacial score (nSPS) is 16.8. The largest absolute Gasteiger partial charge is 0.328 e. The SMILES string of the molecule is CCNC(c1cc2c(cc1Br)n(C)c(=O)n2C)C1CC1. The van der Waals surface area contributed by atoms with Gasteiger partial charge >= 0.3 is 5.69 Å². The van der Waals surface area contributed by atoms with E-state index in [0.29, 0.717) is 6.04 Å². The van der Waals surface area contributed by atoms with E-state index in [1.165, 1.54) is 18.4 Å². The Morgan fingerprint density at radius 3 is 2.45 bits per heavy atom. The van der Waals surface area contributed by atoms with Gasteiger partial charge in [0.15, 0.2) is 0 Å². The van der Waals surface area contributed by atoms with Crippen LogP contribution in [0.3, 0.4) is 0 Å². The molecule has 1 aromatic heterocycles. The lowest BCUT2D eigenvalue weighted by atomic mass is 10.0. The van der Waals surface area contributed by atoms with Crippen molar-refractivity contribution in [3.05, 3.63) is 32.7 Å². The van der Waals surface area contributed by atoms with Gasteiger partial charge in [0.2, 0.25) is 0 Å². The summed E-state index contributed by atoms with van der Waals surface area (Å²) in [6.45, 7) is 3.10. The van der Waals surface area contributed by atoms with Gasteiger partial charge in [-0.2, -0.15) is 0 Å². The number of fused-ring (bicyclic) bond motifs is 1. The molecule has 1 aromatic carbocycles. The van der Waals surface area contributed by atoms with Gasteiger partial charge in [0.1, 0.15) is 0 Å².